The number of rotatable bonds is 6. The van der Waals surface area contributed by atoms with Gasteiger partial charge in [0.25, 0.3) is 0 Å². The van der Waals surface area contributed by atoms with Gasteiger partial charge in [0.05, 0.1) is 0 Å². The lowest BCUT2D eigenvalue weighted by Crippen LogP contribution is -2.28. The summed E-state index contributed by atoms with van der Waals surface area (Å²) < 4.78 is 0. The van der Waals surface area contributed by atoms with Gasteiger partial charge in [0, 0.05) is 24.9 Å². The molecule has 0 aromatic carbocycles. The first-order valence-corrected chi connectivity index (χ1v) is 6.03. The normalized spacial score (nSPS) is 23.2. The summed E-state index contributed by atoms with van der Waals surface area (Å²) in [6.07, 6.45) is 10.2. The third-order valence-corrected chi connectivity index (χ3v) is 3.08. The van der Waals surface area contributed by atoms with Gasteiger partial charge >= 0.3 is 0 Å². The lowest BCUT2D eigenvalue weighted by Gasteiger charge is -2.19. The van der Waals surface area contributed by atoms with Gasteiger partial charge in [0.15, 0.2) is 0 Å². The molecular formula is C11H19NS. The van der Waals surface area contributed by atoms with Crippen LogP contribution in [0.5, 0.6) is 0 Å². The van der Waals surface area contributed by atoms with Crippen molar-refractivity contribution < 1.29 is 0 Å². The highest BCUT2D eigenvalue weighted by atomic mass is 32.1. The van der Waals surface area contributed by atoms with E-state index in [4.69, 9.17) is 0 Å². The monoisotopic (exact) mass is 197 g/mol. The van der Waals surface area contributed by atoms with Crippen molar-refractivity contribution in [2.24, 2.45) is 5.92 Å². The van der Waals surface area contributed by atoms with E-state index in [0.29, 0.717) is 0 Å². The van der Waals surface area contributed by atoms with Crippen LogP contribution in [0.4, 0.5) is 0 Å². The van der Waals surface area contributed by atoms with Crippen molar-refractivity contribution in [2.45, 2.75) is 31.7 Å². The van der Waals surface area contributed by atoms with E-state index in [-0.39, 0.29) is 0 Å². The van der Waals surface area contributed by atoms with Crippen LogP contribution in [0.15, 0.2) is 12.2 Å². The number of hydrogen-bond acceptors (Lipinski definition) is 2. The molecule has 2 rings (SSSR count). The summed E-state index contributed by atoms with van der Waals surface area (Å²) in [5.41, 5.74) is 0. The Kier molecular flexibility index (Phi) is 3.33. The molecule has 0 radical (unpaired) electrons. The summed E-state index contributed by atoms with van der Waals surface area (Å²) >= 11 is 4.17. The molecule has 0 heterocycles. The minimum Gasteiger partial charge on any atom is -0.296 e. The first-order valence-electron chi connectivity index (χ1n) is 5.40. The van der Waals surface area contributed by atoms with Gasteiger partial charge in [-0.05, 0) is 31.6 Å². The largest absolute Gasteiger partial charge is 0.296 e. The van der Waals surface area contributed by atoms with Crippen LogP contribution in [-0.2, 0) is 0 Å². The Bertz CT molecular complexity index is 183. The van der Waals surface area contributed by atoms with Gasteiger partial charge in [-0.3, -0.25) is 4.90 Å². The van der Waals surface area contributed by atoms with Crippen molar-refractivity contribution in [3.63, 3.8) is 0 Å². The Labute approximate surface area is 86.6 Å². The van der Waals surface area contributed by atoms with Crippen LogP contribution in [0.2, 0.25) is 0 Å². The predicted octanol–water partition coefficient (Wildman–Crippen LogP) is 2.35. The van der Waals surface area contributed by atoms with Crippen molar-refractivity contribution in [3.8, 4) is 0 Å². The molecule has 2 heteroatoms. The zero-order valence-electron chi connectivity index (χ0n) is 8.15. The van der Waals surface area contributed by atoms with E-state index in [1.807, 2.05) is 0 Å². The molecule has 0 bridgehead atoms. The molecule has 2 aliphatic carbocycles. The lowest BCUT2D eigenvalue weighted by atomic mass is 10.3. The predicted molar refractivity (Wildman–Crippen MR) is 60.3 cm³/mol. The molecule has 0 aromatic heterocycles. The third-order valence-electron chi connectivity index (χ3n) is 2.86. The van der Waals surface area contributed by atoms with Gasteiger partial charge in [-0.25, -0.2) is 0 Å². The Hall–Kier alpha value is 0.0500. The molecule has 13 heavy (non-hydrogen) atoms. The Morgan fingerprint density at radius 1 is 1.15 bits per heavy atom. The summed E-state index contributed by atoms with van der Waals surface area (Å²) in [4.78, 5) is 2.65. The number of thiol groups is 1. The highest BCUT2D eigenvalue weighted by Gasteiger charge is 2.32. The van der Waals surface area contributed by atoms with Gasteiger partial charge in [-0.15, -0.1) is 0 Å². The average Bonchev–Trinajstić information content (AvgIpc) is 2.98. The van der Waals surface area contributed by atoms with E-state index < -0.39 is 0 Å². The van der Waals surface area contributed by atoms with Crippen molar-refractivity contribution in [1.82, 2.24) is 4.90 Å². The topological polar surface area (TPSA) is 3.24 Å². The van der Waals surface area contributed by atoms with Gasteiger partial charge in [-0.1, -0.05) is 12.2 Å². The molecule has 0 unspecified atom stereocenters. The van der Waals surface area contributed by atoms with E-state index in [1.54, 1.807) is 0 Å². The second kappa shape index (κ2) is 4.52. The van der Waals surface area contributed by atoms with Gasteiger partial charge in [0.1, 0.15) is 0 Å². The van der Waals surface area contributed by atoms with Crippen LogP contribution < -0.4 is 0 Å². The number of hydrogen-bond donors (Lipinski definition) is 1. The number of nitrogens with zero attached hydrogens (tertiary/aromatic N) is 1. The van der Waals surface area contributed by atoms with Crippen molar-refractivity contribution in [1.29, 1.82) is 0 Å². The smallest absolute Gasteiger partial charge is 0.0166 e. The van der Waals surface area contributed by atoms with E-state index >= 15 is 0 Å². The Balaban J connectivity index is 1.71. The molecule has 2 fully saturated rings. The molecule has 0 N–H and O–H groups in total. The molecule has 0 aromatic rings. The fourth-order valence-electron chi connectivity index (χ4n) is 1.73. The highest BCUT2D eigenvalue weighted by molar-refractivity contribution is 7.80. The molecule has 0 spiro atoms. The van der Waals surface area contributed by atoms with E-state index in [9.17, 15) is 0 Å². The van der Waals surface area contributed by atoms with Crippen molar-refractivity contribution in [2.75, 3.05) is 18.8 Å². The average molecular weight is 197 g/mol. The van der Waals surface area contributed by atoms with Gasteiger partial charge in [-0.2, -0.15) is 12.6 Å². The van der Waals surface area contributed by atoms with E-state index in [2.05, 4.69) is 29.7 Å². The first-order chi connectivity index (χ1) is 6.40. The highest BCUT2D eigenvalue weighted by Crippen LogP contribution is 2.34. The van der Waals surface area contributed by atoms with E-state index in [1.165, 1.54) is 32.2 Å². The maximum Gasteiger partial charge on any atom is 0.0166 e. The summed E-state index contributed by atoms with van der Waals surface area (Å²) in [6.45, 7) is 2.50. The zero-order chi connectivity index (χ0) is 9.10. The summed E-state index contributed by atoms with van der Waals surface area (Å²) in [6, 6.07) is 0.921. The fourth-order valence-corrected chi connectivity index (χ4v) is 1.88. The van der Waals surface area contributed by atoms with Crippen molar-refractivity contribution in [3.05, 3.63) is 12.2 Å². The molecule has 0 amide bonds. The Morgan fingerprint density at radius 2 is 1.92 bits per heavy atom. The summed E-state index contributed by atoms with van der Waals surface area (Å²) in [7, 11) is 0. The van der Waals surface area contributed by atoms with Crippen molar-refractivity contribution >= 4 is 12.6 Å². The van der Waals surface area contributed by atoms with Crippen LogP contribution in [0, 0.1) is 5.92 Å². The molecule has 1 nitrogen and oxygen atoms in total. The minimum atomic E-state index is 0.877. The maximum absolute atomic E-state index is 4.17. The van der Waals surface area contributed by atoms with Crippen LogP contribution in [0.1, 0.15) is 25.7 Å². The molecule has 0 atom stereocenters. The lowest BCUT2D eigenvalue weighted by molar-refractivity contribution is 0.280. The standard InChI is InChI=1S/C11H19NS/c13-8-2-1-7-12(11-5-6-11)9-10-3-4-10/h1-2,10-11,13H,3-9H2. The van der Waals surface area contributed by atoms with Crippen LogP contribution >= 0.6 is 12.6 Å². The van der Waals surface area contributed by atoms with Gasteiger partial charge in [0.2, 0.25) is 0 Å². The fraction of sp³-hybridized carbons (Fsp3) is 0.818. The SMILES string of the molecule is SCC=CCN(CC1CC1)C1CC1. The zero-order valence-corrected chi connectivity index (χ0v) is 9.05. The van der Waals surface area contributed by atoms with Crippen LogP contribution in [0.25, 0.3) is 0 Å². The molecule has 74 valence electrons. The molecule has 0 saturated heterocycles. The first kappa shape index (κ1) is 9.60. The third kappa shape index (κ3) is 3.35. The molecule has 2 saturated carbocycles. The second-order valence-electron chi connectivity index (χ2n) is 4.28. The second-order valence-corrected chi connectivity index (χ2v) is 4.65. The van der Waals surface area contributed by atoms with Crippen LogP contribution in [-0.4, -0.2) is 29.8 Å². The molecule has 0 aliphatic heterocycles. The molecule has 2 aliphatic rings. The maximum atomic E-state index is 4.17. The van der Waals surface area contributed by atoms with Gasteiger partial charge < -0.3 is 0 Å². The summed E-state index contributed by atoms with van der Waals surface area (Å²) in [5.74, 6) is 1.91. The minimum absolute atomic E-state index is 0.877. The Morgan fingerprint density at radius 3 is 2.46 bits per heavy atom. The quantitative estimate of drug-likeness (QED) is 0.505. The summed E-state index contributed by atoms with van der Waals surface area (Å²) in [5, 5.41) is 0. The van der Waals surface area contributed by atoms with Crippen LogP contribution in [0.3, 0.4) is 0 Å². The van der Waals surface area contributed by atoms with E-state index in [0.717, 1.165) is 24.3 Å². The molecular weight excluding hydrogens is 178 g/mol.